The maximum Gasteiger partial charge on any atom is 0.193 e. The van der Waals surface area contributed by atoms with Gasteiger partial charge < -0.3 is 20.7 Å². The molecule has 0 fully saturated rings. The summed E-state index contributed by atoms with van der Waals surface area (Å²) in [6.45, 7) is 3.75. The van der Waals surface area contributed by atoms with Crippen molar-refractivity contribution >= 4 is 28.0 Å². The molecule has 1 aromatic heterocycles. The maximum atomic E-state index is 12.7. The third-order valence-electron chi connectivity index (χ3n) is 4.46. The van der Waals surface area contributed by atoms with E-state index in [1.165, 1.54) is 6.07 Å². The fraction of sp³-hybridized carbons (Fsp3) is 0.350. The Morgan fingerprint density at radius 3 is 2.77 bits per heavy atom. The molecule has 2 aromatic carbocycles. The molecule has 0 amide bonds. The predicted octanol–water partition coefficient (Wildman–Crippen LogP) is 2.29. The van der Waals surface area contributed by atoms with Crippen molar-refractivity contribution in [1.82, 2.24) is 4.98 Å². The summed E-state index contributed by atoms with van der Waals surface area (Å²) in [5.74, 6) is -0.119. The van der Waals surface area contributed by atoms with E-state index in [2.05, 4.69) is 11.9 Å². The average molecular weight is 353 g/mol. The fourth-order valence-electron chi connectivity index (χ4n) is 3.11. The molecule has 1 heterocycles. The van der Waals surface area contributed by atoms with Gasteiger partial charge in [0.2, 0.25) is 0 Å². The van der Waals surface area contributed by atoms with E-state index in [1.54, 1.807) is 25.1 Å². The van der Waals surface area contributed by atoms with Gasteiger partial charge in [-0.25, -0.2) is 4.98 Å². The molecule has 26 heavy (non-hydrogen) atoms. The molecule has 136 valence electrons. The van der Waals surface area contributed by atoms with Crippen molar-refractivity contribution < 1.29 is 9.52 Å². The number of aromatic nitrogens is 1. The number of aryl methyl sites for hydroxylation is 1. The van der Waals surface area contributed by atoms with E-state index < -0.39 is 6.04 Å². The van der Waals surface area contributed by atoms with Crippen LogP contribution in [0.4, 0.5) is 0 Å². The van der Waals surface area contributed by atoms with Gasteiger partial charge >= 0.3 is 0 Å². The van der Waals surface area contributed by atoms with Crippen LogP contribution in [0.2, 0.25) is 0 Å². The molecule has 0 saturated heterocycles. The number of aliphatic hydroxyl groups is 1. The maximum absolute atomic E-state index is 12.7. The molecule has 1 atom stereocenters. The smallest absolute Gasteiger partial charge is 0.193 e. The van der Waals surface area contributed by atoms with Crippen LogP contribution in [0.25, 0.3) is 28.0 Å². The van der Waals surface area contributed by atoms with Crippen LogP contribution in [0.15, 0.2) is 33.5 Å². The molecule has 0 aliphatic carbocycles. The van der Waals surface area contributed by atoms with Gasteiger partial charge in [-0.1, -0.05) is 19.8 Å². The standard InChI is InChI=1S/C20H23N3O3/c1-3-4-5-6-13-18(20(25)11(2)21)15(24)10-17-19(13)23-14-8-7-12(22)9-16(14)26-17/h7-11,22,25H,3-6,21H2,1-2H3/t11-/m0/s1. The van der Waals surface area contributed by atoms with Crippen molar-refractivity contribution in [1.29, 1.82) is 5.41 Å². The lowest BCUT2D eigenvalue weighted by atomic mass is 10.0. The molecule has 0 aliphatic rings. The normalized spacial score (nSPS) is 14.0. The molecular weight excluding hydrogens is 330 g/mol. The van der Waals surface area contributed by atoms with Gasteiger partial charge in [0.1, 0.15) is 16.8 Å². The lowest BCUT2D eigenvalue weighted by Crippen LogP contribution is -2.36. The molecule has 0 bridgehead atoms. The molecule has 0 aliphatic heterocycles. The van der Waals surface area contributed by atoms with Gasteiger partial charge in [0.15, 0.2) is 16.6 Å². The van der Waals surface area contributed by atoms with Crippen LogP contribution in [0, 0.1) is 5.41 Å². The SMILES string of the molecule is CCCCCc1c(=C(O)[C@H](C)N)c(=O)cc2oc3cc(=N)ccc3nc12. The van der Waals surface area contributed by atoms with Crippen LogP contribution >= 0.6 is 0 Å². The number of rotatable bonds is 5. The van der Waals surface area contributed by atoms with Crippen LogP contribution in [0.1, 0.15) is 38.7 Å². The van der Waals surface area contributed by atoms with Gasteiger partial charge in [0.25, 0.3) is 0 Å². The minimum atomic E-state index is -0.645. The summed E-state index contributed by atoms with van der Waals surface area (Å²) in [5.41, 5.74) is 8.16. The molecule has 0 unspecified atom stereocenters. The van der Waals surface area contributed by atoms with Crippen molar-refractivity contribution in [2.75, 3.05) is 0 Å². The van der Waals surface area contributed by atoms with Crippen LogP contribution < -0.4 is 21.7 Å². The van der Waals surface area contributed by atoms with E-state index in [4.69, 9.17) is 15.6 Å². The summed E-state index contributed by atoms with van der Waals surface area (Å²) in [6, 6.07) is 5.63. The lowest BCUT2D eigenvalue weighted by Gasteiger charge is -2.11. The monoisotopic (exact) mass is 353 g/mol. The van der Waals surface area contributed by atoms with Crippen LogP contribution in [-0.4, -0.2) is 16.1 Å². The van der Waals surface area contributed by atoms with Gasteiger partial charge in [-0.15, -0.1) is 0 Å². The Kier molecular flexibility index (Phi) is 5.04. The van der Waals surface area contributed by atoms with Crippen molar-refractivity contribution in [2.24, 2.45) is 5.73 Å². The first-order valence-electron chi connectivity index (χ1n) is 8.86. The summed E-state index contributed by atoms with van der Waals surface area (Å²) >= 11 is 0. The highest BCUT2D eigenvalue weighted by Crippen LogP contribution is 2.20. The van der Waals surface area contributed by atoms with E-state index in [0.717, 1.165) is 19.3 Å². The Labute approximate surface area is 150 Å². The first-order chi connectivity index (χ1) is 12.4. The van der Waals surface area contributed by atoms with Crippen LogP contribution in [0.3, 0.4) is 0 Å². The van der Waals surface area contributed by atoms with Crippen molar-refractivity contribution in [3.05, 3.63) is 50.6 Å². The van der Waals surface area contributed by atoms with Gasteiger partial charge in [-0.05, 0) is 37.5 Å². The zero-order valence-corrected chi connectivity index (χ0v) is 15.0. The molecule has 6 heteroatoms. The fourth-order valence-corrected chi connectivity index (χ4v) is 3.11. The summed E-state index contributed by atoms with van der Waals surface area (Å²) in [5, 5.41) is 18.7. The second-order valence-electron chi connectivity index (χ2n) is 6.60. The first-order valence-corrected chi connectivity index (χ1v) is 8.86. The molecule has 0 radical (unpaired) electrons. The quantitative estimate of drug-likeness (QED) is 0.481. The number of fused-ring (bicyclic) bond motifs is 2. The third-order valence-corrected chi connectivity index (χ3v) is 4.46. The van der Waals surface area contributed by atoms with E-state index in [9.17, 15) is 9.90 Å². The Morgan fingerprint density at radius 1 is 1.31 bits per heavy atom. The number of hydrogen-bond acceptors (Lipinski definition) is 6. The van der Waals surface area contributed by atoms with Gasteiger partial charge in [0, 0.05) is 12.1 Å². The second-order valence-corrected chi connectivity index (χ2v) is 6.60. The lowest BCUT2D eigenvalue weighted by molar-refractivity contribution is 0.464. The Balaban J connectivity index is 2.41. The van der Waals surface area contributed by atoms with Crippen LogP contribution in [-0.2, 0) is 6.42 Å². The Bertz CT molecular complexity index is 1130. The Hall–Kier alpha value is -2.73. The molecule has 0 saturated carbocycles. The van der Waals surface area contributed by atoms with Crippen molar-refractivity contribution in [3.63, 3.8) is 0 Å². The Morgan fingerprint density at radius 2 is 2.08 bits per heavy atom. The highest BCUT2D eigenvalue weighted by molar-refractivity contribution is 5.85. The second kappa shape index (κ2) is 7.25. The molecule has 3 rings (SSSR count). The summed E-state index contributed by atoms with van der Waals surface area (Å²) in [7, 11) is 0. The molecule has 4 N–H and O–H groups in total. The molecule has 6 nitrogen and oxygen atoms in total. The molecule has 0 spiro atoms. The van der Waals surface area contributed by atoms with Crippen molar-refractivity contribution in [2.45, 2.75) is 45.6 Å². The van der Waals surface area contributed by atoms with Gasteiger partial charge in [0.05, 0.1) is 16.6 Å². The summed E-state index contributed by atoms with van der Waals surface area (Å²) < 4.78 is 5.85. The molecule has 3 aromatic rings. The number of aliphatic hydroxyl groups excluding tert-OH is 1. The topological polar surface area (TPSA) is 113 Å². The first kappa shape index (κ1) is 18.1. The largest absolute Gasteiger partial charge is 0.510 e. The number of hydrogen-bond donors (Lipinski definition) is 3. The van der Waals surface area contributed by atoms with E-state index in [0.29, 0.717) is 39.5 Å². The average Bonchev–Trinajstić information content (AvgIpc) is 2.59. The summed E-state index contributed by atoms with van der Waals surface area (Å²) in [6.07, 6.45) is 3.53. The minimum Gasteiger partial charge on any atom is -0.510 e. The third kappa shape index (κ3) is 3.32. The zero-order chi connectivity index (χ0) is 18.8. The number of nitrogens with zero attached hydrogens (tertiary/aromatic N) is 1. The highest BCUT2D eigenvalue weighted by Gasteiger charge is 2.16. The number of nitrogens with one attached hydrogen (secondary N) is 1. The highest BCUT2D eigenvalue weighted by atomic mass is 16.3. The van der Waals surface area contributed by atoms with Gasteiger partial charge in [-0.2, -0.15) is 0 Å². The van der Waals surface area contributed by atoms with Crippen LogP contribution in [0.5, 0.6) is 0 Å². The van der Waals surface area contributed by atoms with E-state index >= 15 is 0 Å². The van der Waals surface area contributed by atoms with E-state index in [-0.39, 0.29) is 16.4 Å². The number of nitrogens with two attached hydrogens (primary N) is 1. The van der Waals surface area contributed by atoms with Crippen molar-refractivity contribution in [3.8, 4) is 0 Å². The summed E-state index contributed by atoms with van der Waals surface area (Å²) in [4.78, 5) is 17.3. The molecular formula is C20H23N3O3. The van der Waals surface area contributed by atoms with E-state index in [1.807, 2.05) is 0 Å². The number of benzene rings is 2. The minimum absolute atomic E-state index is 0.119. The van der Waals surface area contributed by atoms with Gasteiger partial charge in [-0.3, -0.25) is 4.79 Å². The number of unbranched alkanes of at least 4 members (excludes halogenated alkanes) is 2. The predicted molar refractivity (Wildman–Crippen MR) is 102 cm³/mol. The zero-order valence-electron chi connectivity index (χ0n) is 15.0.